The monoisotopic (exact) mass is 506 g/mol. The summed E-state index contributed by atoms with van der Waals surface area (Å²) < 4.78 is 5.97. The van der Waals surface area contributed by atoms with Gasteiger partial charge in [0.25, 0.3) is 11.8 Å². The lowest BCUT2D eigenvalue weighted by molar-refractivity contribution is -0.132. The average Bonchev–Trinajstić information content (AvgIpc) is 2.90. The van der Waals surface area contributed by atoms with Gasteiger partial charge in [0, 0.05) is 22.2 Å². The summed E-state index contributed by atoms with van der Waals surface area (Å²) in [4.78, 5) is 42.4. The molecular formula is C27H30N4O6. The Morgan fingerprint density at radius 3 is 2.43 bits per heavy atom. The number of rotatable bonds is 8. The minimum absolute atomic E-state index is 0.332. The first-order valence-electron chi connectivity index (χ1n) is 12.2. The topological polar surface area (TPSA) is 141 Å². The van der Waals surface area contributed by atoms with Crippen molar-refractivity contribution in [3.05, 3.63) is 71.4 Å². The van der Waals surface area contributed by atoms with Crippen LogP contribution in [-0.4, -0.2) is 50.3 Å². The molecule has 194 valence electrons. The molecule has 4 rings (SSSR count). The minimum atomic E-state index is -1.35. The van der Waals surface area contributed by atoms with Gasteiger partial charge in [-0.15, -0.1) is 0 Å². The van der Waals surface area contributed by atoms with Gasteiger partial charge in [0.05, 0.1) is 5.52 Å². The lowest BCUT2D eigenvalue weighted by Crippen LogP contribution is -2.64. The van der Waals surface area contributed by atoms with Crippen molar-refractivity contribution < 1.29 is 29.4 Å². The van der Waals surface area contributed by atoms with Gasteiger partial charge in [-0.05, 0) is 69.0 Å². The van der Waals surface area contributed by atoms with Gasteiger partial charge < -0.3 is 15.2 Å². The van der Waals surface area contributed by atoms with E-state index in [1.165, 1.54) is 5.48 Å². The quantitative estimate of drug-likeness (QED) is 0.206. The van der Waals surface area contributed by atoms with Crippen LogP contribution < -0.4 is 15.5 Å². The fourth-order valence-corrected chi connectivity index (χ4v) is 4.84. The van der Waals surface area contributed by atoms with Crippen molar-refractivity contribution in [2.75, 3.05) is 6.54 Å². The van der Waals surface area contributed by atoms with Gasteiger partial charge in [0.15, 0.2) is 0 Å². The Kier molecular flexibility index (Phi) is 7.88. The van der Waals surface area contributed by atoms with Crippen LogP contribution in [0.5, 0.6) is 5.75 Å². The number of aromatic nitrogens is 1. The summed E-state index contributed by atoms with van der Waals surface area (Å²) in [5.41, 5.74) is 3.35. The van der Waals surface area contributed by atoms with Crippen LogP contribution in [0.15, 0.2) is 54.6 Å². The van der Waals surface area contributed by atoms with Crippen LogP contribution in [0.3, 0.4) is 0 Å². The minimum Gasteiger partial charge on any atom is -0.489 e. The first-order valence-corrected chi connectivity index (χ1v) is 12.2. The molecule has 0 unspecified atom stereocenters. The van der Waals surface area contributed by atoms with Crippen molar-refractivity contribution in [2.45, 2.75) is 51.3 Å². The summed E-state index contributed by atoms with van der Waals surface area (Å²) in [6.45, 7) is 1.67. The van der Waals surface area contributed by atoms with Crippen molar-refractivity contribution in [1.82, 2.24) is 20.7 Å². The molecule has 0 bridgehead atoms. The van der Waals surface area contributed by atoms with Gasteiger partial charge in [0.2, 0.25) is 0 Å². The van der Waals surface area contributed by atoms with Crippen LogP contribution in [0.1, 0.15) is 53.7 Å². The smallest absolute Gasteiger partial charge is 0.409 e. The molecule has 1 aromatic heterocycles. The molecule has 1 saturated carbocycles. The van der Waals surface area contributed by atoms with E-state index in [2.05, 4.69) is 10.3 Å². The van der Waals surface area contributed by atoms with Crippen molar-refractivity contribution in [2.24, 2.45) is 0 Å². The van der Waals surface area contributed by atoms with Gasteiger partial charge in [0.1, 0.15) is 24.6 Å². The third-order valence-electron chi connectivity index (χ3n) is 6.64. The van der Waals surface area contributed by atoms with E-state index in [-0.39, 0.29) is 0 Å². The predicted molar refractivity (Wildman–Crippen MR) is 135 cm³/mol. The molecule has 1 aliphatic rings. The Bertz CT molecular complexity index is 1290. The van der Waals surface area contributed by atoms with Crippen LogP contribution in [0.4, 0.5) is 4.79 Å². The molecule has 0 radical (unpaired) electrons. The Morgan fingerprint density at radius 1 is 1.05 bits per heavy atom. The standard InChI is InChI=1S/C27H30N4O6/c1-18-15-20(22-7-3-4-8-23(22)28-18)17-37-21-11-9-19(10-12-21)25(33)29-27(13-5-2-6-14-27)31(26(34)35)16-24(32)30-36/h3-4,7-12,15,36H,2,5-6,13-14,16-17H2,1H3,(H,29,33)(H,30,32)(H,34,35). The largest absolute Gasteiger partial charge is 0.489 e. The molecule has 1 aliphatic carbocycles. The van der Waals surface area contributed by atoms with Crippen molar-refractivity contribution in [1.29, 1.82) is 0 Å². The average molecular weight is 507 g/mol. The number of carbonyl (C=O) groups is 3. The number of para-hydroxylation sites is 1. The van der Waals surface area contributed by atoms with Gasteiger partial charge >= 0.3 is 6.09 Å². The molecule has 10 nitrogen and oxygen atoms in total. The number of nitrogens with zero attached hydrogens (tertiary/aromatic N) is 2. The molecule has 10 heteroatoms. The van der Waals surface area contributed by atoms with Crippen LogP contribution >= 0.6 is 0 Å². The normalized spacial score (nSPS) is 14.5. The third kappa shape index (κ3) is 5.97. The Morgan fingerprint density at radius 2 is 1.76 bits per heavy atom. The molecular weight excluding hydrogens is 476 g/mol. The van der Waals surface area contributed by atoms with Crippen molar-refractivity contribution >= 4 is 28.8 Å². The fraction of sp³-hybridized carbons (Fsp3) is 0.333. The second-order valence-corrected chi connectivity index (χ2v) is 9.20. The first kappa shape index (κ1) is 25.9. The van der Waals surface area contributed by atoms with Crippen LogP contribution in [-0.2, 0) is 11.4 Å². The number of pyridine rings is 1. The van der Waals surface area contributed by atoms with E-state index in [4.69, 9.17) is 9.94 Å². The Balaban J connectivity index is 1.47. The lowest BCUT2D eigenvalue weighted by atomic mass is 9.87. The Labute approximate surface area is 214 Å². The molecule has 0 spiro atoms. The zero-order chi connectivity index (χ0) is 26.4. The van der Waals surface area contributed by atoms with Crippen LogP contribution in [0.25, 0.3) is 10.9 Å². The molecule has 1 heterocycles. The molecule has 4 N–H and O–H groups in total. The number of hydrogen-bond acceptors (Lipinski definition) is 6. The molecule has 0 atom stereocenters. The number of amides is 3. The molecule has 3 aromatic rings. The maximum atomic E-state index is 13.1. The van der Waals surface area contributed by atoms with E-state index in [1.54, 1.807) is 24.3 Å². The molecule has 1 fully saturated rings. The van der Waals surface area contributed by atoms with Gasteiger partial charge in [-0.25, -0.2) is 10.3 Å². The number of benzene rings is 2. The Hall–Kier alpha value is -4.18. The van der Waals surface area contributed by atoms with Crippen LogP contribution in [0.2, 0.25) is 0 Å². The number of ether oxygens (including phenoxy) is 1. The van der Waals surface area contributed by atoms with E-state index >= 15 is 0 Å². The second-order valence-electron chi connectivity index (χ2n) is 9.20. The summed E-state index contributed by atoms with van der Waals surface area (Å²) in [6.07, 6.45) is 1.67. The number of fused-ring (bicyclic) bond motifs is 1. The summed E-state index contributed by atoms with van der Waals surface area (Å²) in [7, 11) is 0. The van der Waals surface area contributed by atoms with E-state index < -0.39 is 30.1 Å². The maximum absolute atomic E-state index is 13.1. The molecule has 0 saturated heterocycles. The highest BCUT2D eigenvalue weighted by Gasteiger charge is 2.43. The van der Waals surface area contributed by atoms with E-state index in [0.717, 1.165) is 33.5 Å². The number of hydroxylamine groups is 1. The number of hydrogen-bond donors (Lipinski definition) is 4. The van der Waals surface area contributed by atoms with E-state index in [0.29, 0.717) is 43.6 Å². The van der Waals surface area contributed by atoms with Crippen molar-refractivity contribution in [3.8, 4) is 5.75 Å². The summed E-state index contributed by atoms with van der Waals surface area (Å²) in [5.74, 6) is -0.755. The maximum Gasteiger partial charge on any atom is 0.409 e. The van der Waals surface area contributed by atoms with Gasteiger partial charge in [-0.1, -0.05) is 24.6 Å². The third-order valence-corrected chi connectivity index (χ3v) is 6.64. The molecule has 3 amide bonds. The highest BCUT2D eigenvalue weighted by atomic mass is 16.5. The van der Waals surface area contributed by atoms with Crippen molar-refractivity contribution in [3.63, 3.8) is 0 Å². The SMILES string of the molecule is Cc1cc(COc2ccc(C(=O)NC3(N(CC(=O)NO)C(=O)O)CCCCC3)cc2)c2ccccc2n1. The predicted octanol–water partition coefficient (Wildman–Crippen LogP) is 4.00. The number of aryl methyl sites for hydroxylation is 1. The zero-order valence-electron chi connectivity index (χ0n) is 20.6. The lowest BCUT2D eigenvalue weighted by Gasteiger charge is -2.45. The molecule has 37 heavy (non-hydrogen) atoms. The highest BCUT2D eigenvalue weighted by Crippen LogP contribution is 2.32. The van der Waals surface area contributed by atoms with E-state index in [9.17, 15) is 19.5 Å². The summed E-state index contributed by atoms with van der Waals surface area (Å²) >= 11 is 0. The number of carbonyl (C=O) groups excluding carboxylic acids is 2. The fourth-order valence-electron chi connectivity index (χ4n) is 4.84. The summed E-state index contributed by atoms with van der Waals surface area (Å²) in [6, 6.07) is 16.4. The number of carboxylic acid groups (broad SMARTS) is 1. The summed E-state index contributed by atoms with van der Waals surface area (Å²) in [5, 5.41) is 22.6. The zero-order valence-corrected chi connectivity index (χ0v) is 20.6. The molecule has 0 aliphatic heterocycles. The second kappa shape index (κ2) is 11.3. The van der Waals surface area contributed by atoms with Gasteiger partial charge in [-0.2, -0.15) is 0 Å². The van der Waals surface area contributed by atoms with Crippen LogP contribution in [0, 0.1) is 6.92 Å². The first-order chi connectivity index (χ1) is 17.8. The van der Waals surface area contributed by atoms with Gasteiger partial charge in [-0.3, -0.25) is 24.7 Å². The highest BCUT2D eigenvalue weighted by molar-refractivity contribution is 5.95. The number of nitrogens with one attached hydrogen (secondary N) is 2. The molecule has 2 aromatic carbocycles. The van der Waals surface area contributed by atoms with E-state index in [1.807, 2.05) is 37.3 Å².